The van der Waals surface area contributed by atoms with Crippen molar-refractivity contribution in [3.8, 4) is 0 Å². The molecule has 0 aliphatic heterocycles. The van der Waals surface area contributed by atoms with Crippen LogP contribution in [0.4, 0.5) is 0 Å². The number of ether oxygens (including phenoxy) is 2. The second-order valence-electron chi connectivity index (χ2n) is 4.37. The molecular formula is C12H22O3. The van der Waals surface area contributed by atoms with Crippen molar-refractivity contribution < 1.29 is 14.6 Å². The maximum atomic E-state index is 9.42. The van der Waals surface area contributed by atoms with Gasteiger partial charge in [0.25, 0.3) is 0 Å². The number of methoxy groups -OCH3 is 2. The summed E-state index contributed by atoms with van der Waals surface area (Å²) in [6.45, 7) is 5.07. The maximum Gasteiger partial charge on any atom is 0.0687 e. The molecule has 3 heteroatoms. The first-order valence-electron chi connectivity index (χ1n) is 5.48. The molecule has 1 aliphatic rings. The summed E-state index contributed by atoms with van der Waals surface area (Å²) in [6, 6.07) is 0. The van der Waals surface area contributed by atoms with Crippen LogP contribution < -0.4 is 0 Å². The van der Waals surface area contributed by atoms with E-state index in [2.05, 4.69) is 19.9 Å². The molecular weight excluding hydrogens is 192 g/mol. The Kier molecular flexibility index (Phi) is 4.77. The van der Waals surface area contributed by atoms with Crippen molar-refractivity contribution in [2.75, 3.05) is 27.4 Å². The van der Waals surface area contributed by atoms with Gasteiger partial charge in [-0.05, 0) is 11.5 Å². The molecule has 0 bridgehead atoms. The summed E-state index contributed by atoms with van der Waals surface area (Å²) in [5.41, 5.74) is 1.28. The highest BCUT2D eigenvalue weighted by Crippen LogP contribution is 2.35. The minimum absolute atomic E-state index is 0.116. The lowest BCUT2D eigenvalue weighted by molar-refractivity contribution is -0.0222. The predicted molar refractivity (Wildman–Crippen MR) is 59.7 cm³/mol. The fourth-order valence-corrected chi connectivity index (χ4v) is 2.53. The van der Waals surface area contributed by atoms with Crippen LogP contribution in [0.3, 0.4) is 0 Å². The first-order chi connectivity index (χ1) is 7.15. The summed E-state index contributed by atoms with van der Waals surface area (Å²) >= 11 is 0. The Hall–Kier alpha value is -0.380. The molecule has 1 aliphatic carbocycles. The van der Waals surface area contributed by atoms with E-state index in [1.165, 1.54) is 5.57 Å². The Labute approximate surface area is 92.1 Å². The Morgan fingerprint density at radius 1 is 1.33 bits per heavy atom. The molecule has 0 aromatic rings. The maximum absolute atomic E-state index is 9.42. The van der Waals surface area contributed by atoms with Crippen LogP contribution in [0.5, 0.6) is 0 Å². The fourth-order valence-electron chi connectivity index (χ4n) is 2.53. The Morgan fingerprint density at radius 3 is 2.47 bits per heavy atom. The van der Waals surface area contributed by atoms with E-state index in [1.807, 2.05) is 0 Å². The molecule has 0 saturated heterocycles. The van der Waals surface area contributed by atoms with Gasteiger partial charge in [-0.15, -0.1) is 0 Å². The lowest BCUT2D eigenvalue weighted by Gasteiger charge is -2.38. The smallest absolute Gasteiger partial charge is 0.0687 e. The summed E-state index contributed by atoms with van der Waals surface area (Å²) in [5.74, 6) is 0.852. The van der Waals surface area contributed by atoms with Crippen LogP contribution >= 0.6 is 0 Å². The van der Waals surface area contributed by atoms with Crippen LogP contribution in [0.25, 0.3) is 0 Å². The van der Waals surface area contributed by atoms with E-state index in [1.54, 1.807) is 14.2 Å². The molecule has 0 radical (unpaired) electrons. The fraction of sp³-hybridized carbons (Fsp3) is 0.833. The molecule has 3 nitrogen and oxygen atoms in total. The van der Waals surface area contributed by atoms with Crippen LogP contribution in [0, 0.1) is 17.8 Å². The lowest BCUT2D eigenvalue weighted by Crippen LogP contribution is -2.40. The van der Waals surface area contributed by atoms with Gasteiger partial charge in [0.05, 0.1) is 12.7 Å². The highest BCUT2D eigenvalue weighted by atomic mass is 16.5. The molecule has 88 valence electrons. The van der Waals surface area contributed by atoms with Crippen molar-refractivity contribution in [1.82, 2.24) is 0 Å². The van der Waals surface area contributed by atoms with Gasteiger partial charge in [0.15, 0.2) is 0 Å². The second-order valence-corrected chi connectivity index (χ2v) is 4.37. The molecule has 0 spiro atoms. The van der Waals surface area contributed by atoms with Gasteiger partial charge in [0.1, 0.15) is 0 Å². The molecule has 0 fully saturated rings. The van der Waals surface area contributed by atoms with Crippen molar-refractivity contribution in [3.05, 3.63) is 11.6 Å². The van der Waals surface area contributed by atoms with Crippen LogP contribution in [-0.4, -0.2) is 38.6 Å². The average molecular weight is 214 g/mol. The average Bonchev–Trinajstić information content (AvgIpc) is 2.22. The van der Waals surface area contributed by atoms with Crippen LogP contribution in [-0.2, 0) is 9.47 Å². The van der Waals surface area contributed by atoms with E-state index >= 15 is 0 Å². The zero-order chi connectivity index (χ0) is 11.4. The van der Waals surface area contributed by atoms with Gasteiger partial charge in [-0.25, -0.2) is 0 Å². The van der Waals surface area contributed by atoms with E-state index in [9.17, 15) is 5.11 Å². The number of hydrogen-bond donors (Lipinski definition) is 1. The van der Waals surface area contributed by atoms with Crippen molar-refractivity contribution >= 4 is 0 Å². The van der Waals surface area contributed by atoms with Gasteiger partial charge in [0, 0.05) is 32.7 Å². The van der Waals surface area contributed by atoms with E-state index in [0.29, 0.717) is 18.4 Å². The second kappa shape index (κ2) is 5.64. The van der Waals surface area contributed by atoms with E-state index < -0.39 is 0 Å². The third-order valence-electron chi connectivity index (χ3n) is 3.44. The summed E-state index contributed by atoms with van der Waals surface area (Å²) in [4.78, 5) is 0. The summed E-state index contributed by atoms with van der Waals surface area (Å²) in [7, 11) is 3.42. The number of rotatable bonds is 4. The zero-order valence-corrected chi connectivity index (χ0v) is 10.1. The highest BCUT2D eigenvalue weighted by molar-refractivity contribution is 5.16. The summed E-state index contributed by atoms with van der Waals surface area (Å²) < 4.78 is 10.6. The number of hydrogen-bond acceptors (Lipinski definition) is 3. The van der Waals surface area contributed by atoms with Crippen LogP contribution in [0.2, 0.25) is 0 Å². The summed E-state index contributed by atoms with van der Waals surface area (Å²) in [6.07, 6.45) is 2.33. The standard InChI is InChI=1S/C12H22O3/c1-8-5-10(7-14-3)9(2)11(6-13)12(8)15-4/h5,8-9,11-13H,6-7H2,1-4H3. The van der Waals surface area contributed by atoms with Crippen LogP contribution in [0.1, 0.15) is 13.8 Å². The molecule has 0 aromatic heterocycles. The third-order valence-corrected chi connectivity index (χ3v) is 3.44. The van der Waals surface area contributed by atoms with Crippen molar-refractivity contribution in [2.24, 2.45) is 17.8 Å². The SMILES string of the molecule is COCC1=CC(C)C(OC)C(CO)C1C. The first-order valence-corrected chi connectivity index (χ1v) is 5.48. The molecule has 4 atom stereocenters. The van der Waals surface area contributed by atoms with Gasteiger partial charge >= 0.3 is 0 Å². The molecule has 0 heterocycles. The van der Waals surface area contributed by atoms with E-state index in [-0.39, 0.29) is 18.6 Å². The molecule has 1 N–H and O–H groups in total. The summed E-state index contributed by atoms with van der Waals surface area (Å²) in [5, 5.41) is 9.42. The predicted octanol–water partition coefficient (Wildman–Crippen LogP) is 1.47. The molecule has 0 saturated carbocycles. The normalized spacial score (nSPS) is 36.5. The van der Waals surface area contributed by atoms with Crippen molar-refractivity contribution in [2.45, 2.75) is 20.0 Å². The van der Waals surface area contributed by atoms with Gasteiger partial charge in [-0.1, -0.05) is 19.9 Å². The van der Waals surface area contributed by atoms with Gasteiger partial charge in [0.2, 0.25) is 0 Å². The quantitative estimate of drug-likeness (QED) is 0.720. The van der Waals surface area contributed by atoms with Crippen LogP contribution in [0.15, 0.2) is 11.6 Å². The molecule has 0 aromatic carbocycles. The monoisotopic (exact) mass is 214 g/mol. The molecule has 4 unspecified atom stereocenters. The highest BCUT2D eigenvalue weighted by Gasteiger charge is 2.35. The minimum Gasteiger partial charge on any atom is -0.396 e. The van der Waals surface area contributed by atoms with E-state index in [0.717, 1.165) is 0 Å². The molecule has 0 amide bonds. The Morgan fingerprint density at radius 2 is 2.00 bits per heavy atom. The van der Waals surface area contributed by atoms with Crippen molar-refractivity contribution in [3.63, 3.8) is 0 Å². The van der Waals surface area contributed by atoms with Gasteiger partial charge < -0.3 is 14.6 Å². The number of aliphatic hydroxyl groups is 1. The van der Waals surface area contributed by atoms with Crippen molar-refractivity contribution in [1.29, 1.82) is 0 Å². The van der Waals surface area contributed by atoms with Gasteiger partial charge in [-0.3, -0.25) is 0 Å². The van der Waals surface area contributed by atoms with Gasteiger partial charge in [-0.2, -0.15) is 0 Å². The lowest BCUT2D eigenvalue weighted by atomic mass is 9.74. The minimum atomic E-state index is 0.116. The molecule has 15 heavy (non-hydrogen) atoms. The number of aliphatic hydroxyl groups excluding tert-OH is 1. The molecule has 1 rings (SSSR count). The Balaban J connectivity index is 2.85. The first kappa shape index (κ1) is 12.7. The third kappa shape index (κ3) is 2.60. The van der Waals surface area contributed by atoms with E-state index in [4.69, 9.17) is 9.47 Å². The largest absolute Gasteiger partial charge is 0.396 e. The zero-order valence-electron chi connectivity index (χ0n) is 10.1. The topological polar surface area (TPSA) is 38.7 Å². The Bertz CT molecular complexity index is 225.